The molecule has 0 aliphatic heterocycles. The normalized spacial score (nSPS) is 10.9. The van der Waals surface area contributed by atoms with Gasteiger partial charge in [0.1, 0.15) is 12.7 Å². The first kappa shape index (κ1) is 45.4. The highest BCUT2D eigenvalue weighted by molar-refractivity contribution is 6.69. The number of para-hydroxylation sites is 1. The summed E-state index contributed by atoms with van der Waals surface area (Å²) >= 11 is 11.6. The third-order valence-corrected chi connectivity index (χ3v) is 5.26. The molecule has 0 aromatic heterocycles. The number of terminal acetylenes is 5. The minimum atomic E-state index is -1.32. The highest BCUT2D eigenvalue weighted by Gasteiger charge is 2.13. The summed E-state index contributed by atoms with van der Waals surface area (Å²) in [6, 6.07) is 5.13. The fraction of sp³-hybridized carbons (Fsp3) is 0.515. The Hall–Kier alpha value is -2.54. The van der Waals surface area contributed by atoms with Crippen LogP contribution in [-0.4, -0.2) is 56.2 Å². The van der Waals surface area contributed by atoms with Crippen LogP contribution in [0, 0.1) is 61.7 Å². The number of halogens is 2. The van der Waals surface area contributed by atoms with Gasteiger partial charge in [-0.3, -0.25) is 0 Å². The smallest absolute Gasteiger partial charge is 0.185 e. The summed E-state index contributed by atoms with van der Waals surface area (Å²) < 4.78 is 15.7. The van der Waals surface area contributed by atoms with Crippen LogP contribution in [0.15, 0.2) is 18.2 Å². The molecule has 5 nitrogen and oxygen atoms in total. The van der Waals surface area contributed by atoms with Crippen LogP contribution in [0.1, 0.15) is 53.9 Å². The number of aliphatic hydroxyl groups excluding tert-OH is 2. The maximum absolute atomic E-state index is 8.72. The van der Waals surface area contributed by atoms with Gasteiger partial charge in [0.05, 0.1) is 35.0 Å². The zero-order valence-electron chi connectivity index (χ0n) is 25.9. The highest BCUT2D eigenvalue weighted by Crippen LogP contribution is 2.32. The van der Waals surface area contributed by atoms with Crippen molar-refractivity contribution >= 4 is 31.5 Å². The van der Waals surface area contributed by atoms with E-state index in [0.29, 0.717) is 35.2 Å². The minimum absolute atomic E-state index is 0.0787. The zero-order chi connectivity index (χ0) is 32.9. The van der Waals surface area contributed by atoms with Gasteiger partial charge < -0.3 is 24.1 Å². The van der Waals surface area contributed by atoms with E-state index in [1.807, 2.05) is 34.6 Å². The van der Waals surface area contributed by atoms with E-state index in [1.54, 1.807) is 18.2 Å². The summed E-state index contributed by atoms with van der Waals surface area (Å²) in [5.74, 6) is 12.3. The summed E-state index contributed by atoms with van der Waals surface area (Å²) in [6.07, 6.45) is 26.1. The molecule has 41 heavy (non-hydrogen) atoms. The van der Waals surface area contributed by atoms with Crippen molar-refractivity contribution in [3.63, 3.8) is 0 Å². The summed E-state index contributed by atoms with van der Waals surface area (Å²) in [7, 11) is -1.32. The van der Waals surface area contributed by atoms with E-state index in [0.717, 1.165) is 6.42 Å². The Morgan fingerprint density at radius 3 is 1.66 bits per heavy atom. The predicted molar refractivity (Wildman–Crippen MR) is 178 cm³/mol. The summed E-state index contributed by atoms with van der Waals surface area (Å²) in [5.41, 5.74) is -0.119. The van der Waals surface area contributed by atoms with Crippen molar-refractivity contribution in [2.24, 2.45) is 0 Å². The van der Waals surface area contributed by atoms with Gasteiger partial charge in [-0.15, -0.1) is 44.0 Å². The summed E-state index contributed by atoms with van der Waals surface area (Å²) in [4.78, 5) is 0. The van der Waals surface area contributed by atoms with E-state index in [-0.39, 0.29) is 31.0 Å². The molecule has 0 bridgehead atoms. The molecule has 2 unspecified atom stereocenters. The first-order valence-corrected chi connectivity index (χ1v) is 17.0. The molecule has 228 valence electrons. The van der Waals surface area contributed by atoms with Gasteiger partial charge in [0.15, 0.2) is 14.1 Å². The molecule has 1 rings (SSSR count). The standard InChI is InChI=1S/C9H6Cl2O.C8H14O.C6H12OSi.C6H10O.C4H6O/c1-2-6-12-9-7(10)4-3-5-8(9)11;1-6-7(2)9-8(3,4)5;1-5-6-7-8(2,3)4;1-3-5-6(7)4-2;1-2-3-4-5/h1,3-5H,6H2;1,7H,2-5H3;1H,6H2,2-4H3;1,6-7H,4-5H2,2H3;1,5H,3-4H2. The Bertz CT molecular complexity index is 974. The lowest BCUT2D eigenvalue weighted by Gasteiger charge is -2.21. The Balaban J connectivity index is -0.000000215. The van der Waals surface area contributed by atoms with E-state index in [2.05, 4.69) is 49.2 Å². The molecular formula is C33H48Cl2O5Si. The molecule has 0 aliphatic carbocycles. The van der Waals surface area contributed by atoms with Crippen LogP contribution in [-0.2, 0) is 9.16 Å². The molecule has 0 saturated heterocycles. The average molecular weight is 624 g/mol. The second-order valence-electron chi connectivity index (χ2n) is 9.84. The molecule has 0 spiro atoms. The van der Waals surface area contributed by atoms with Gasteiger partial charge in [-0.2, -0.15) is 0 Å². The number of hydrogen-bond acceptors (Lipinski definition) is 5. The predicted octanol–water partition coefficient (Wildman–Crippen LogP) is 7.08. The molecule has 0 aliphatic rings. The second-order valence-corrected chi connectivity index (χ2v) is 15.2. The quantitative estimate of drug-likeness (QED) is 0.239. The largest absolute Gasteiger partial charge is 0.478 e. The lowest BCUT2D eigenvalue weighted by atomic mass is 10.2. The van der Waals surface area contributed by atoms with Crippen LogP contribution in [0.25, 0.3) is 0 Å². The molecule has 0 fully saturated rings. The van der Waals surface area contributed by atoms with Crippen LogP contribution in [0.4, 0.5) is 0 Å². The molecule has 1 aromatic rings. The van der Waals surface area contributed by atoms with Crippen LogP contribution < -0.4 is 4.74 Å². The van der Waals surface area contributed by atoms with Crippen molar-refractivity contribution in [2.75, 3.05) is 19.8 Å². The van der Waals surface area contributed by atoms with Gasteiger partial charge in [0.2, 0.25) is 0 Å². The molecule has 0 saturated carbocycles. The van der Waals surface area contributed by atoms with Crippen LogP contribution in [0.2, 0.25) is 29.7 Å². The van der Waals surface area contributed by atoms with Gasteiger partial charge in [0.25, 0.3) is 0 Å². The first-order valence-electron chi connectivity index (χ1n) is 12.9. The van der Waals surface area contributed by atoms with E-state index < -0.39 is 8.32 Å². The molecule has 0 amide bonds. The summed E-state index contributed by atoms with van der Waals surface area (Å²) in [5, 5.41) is 17.6. The third-order valence-electron chi connectivity index (χ3n) is 3.65. The average Bonchev–Trinajstić information content (AvgIpc) is 2.88. The Morgan fingerprint density at radius 1 is 0.927 bits per heavy atom. The Labute approximate surface area is 261 Å². The van der Waals surface area contributed by atoms with Crippen LogP contribution in [0.5, 0.6) is 5.75 Å². The fourth-order valence-corrected chi connectivity index (χ4v) is 2.92. The van der Waals surface area contributed by atoms with Gasteiger partial charge in [0, 0.05) is 12.8 Å². The van der Waals surface area contributed by atoms with E-state index in [4.69, 9.17) is 79.4 Å². The Kier molecular flexibility index (Phi) is 32.1. The maximum Gasteiger partial charge on any atom is 0.185 e. The molecule has 0 radical (unpaired) electrons. The van der Waals surface area contributed by atoms with Crippen LogP contribution >= 0.6 is 23.2 Å². The topological polar surface area (TPSA) is 68.2 Å². The number of hydrogen-bond donors (Lipinski definition) is 2. The van der Waals surface area contributed by atoms with Crippen molar-refractivity contribution in [1.29, 1.82) is 0 Å². The lowest BCUT2D eigenvalue weighted by molar-refractivity contribution is -0.0256. The van der Waals surface area contributed by atoms with Crippen molar-refractivity contribution < 1.29 is 24.1 Å². The SMILES string of the molecule is C#CC(C)OC(C)(C)C.C#CCC(O)CC.C#CCCO.C#CCO[Si](C)(C)C.C#CCOc1c(Cl)cccc1Cl. The Morgan fingerprint density at radius 2 is 1.44 bits per heavy atom. The molecule has 1 aromatic carbocycles. The minimum Gasteiger partial charge on any atom is -0.478 e. The van der Waals surface area contributed by atoms with E-state index >= 15 is 0 Å². The van der Waals surface area contributed by atoms with Crippen molar-refractivity contribution in [3.05, 3.63) is 28.2 Å². The molecule has 8 heteroatoms. The molecular weight excluding hydrogens is 575 g/mol. The van der Waals surface area contributed by atoms with Gasteiger partial charge >= 0.3 is 0 Å². The van der Waals surface area contributed by atoms with Crippen molar-refractivity contribution in [2.45, 2.75) is 91.3 Å². The number of ether oxygens (including phenoxy) is 2. The lowest BCUT2D eigenvalue weighted by Crippen LogP contribution is -2.25. The van der Waals surface area contributed by atoms with E-state index in [1.165, 1.54) is 0 Å². The zero-order valence-corrected chi connectivity index (χ0v) is 28.4. The van der Waals surface area contributed by atoms with Gasteiger partial charge in [-0.25, -0.2) is 0 Å². The number of benzene rings is 1. The van der Waals surface area contributed by atoms with Gasteiger partial charge in [-0.05, 0) is 65.9 Å². The van der Waals surface area contributed by atoms with Crippen molar-refractivity contribution in [3.8, 4) is 67.5 Å². The summed E-state index contributed by atoms with van der Waals surface area (Å²) in [6.45, 7) is 16.8. The molecule has 2 atom stereocenters. The van der Waals surface area contributed by atoms with Gasteiger partial charge in [-0.1, -0.05) is 54.0 Å². The van der Waals surface area contributed by atoms with E-state index in [9.17, 15) is 0 Å². The van der Waals surface area contributed by atoms with Crippen molar-refractivity contribution in [1.82, 2.24) is 0 Å². The number of rotatable bonds is 8. The first-order chi connectivity index (χ1) is 19.0. The second kappa shape index (κ2) is 29.0. The monoisotopic (exact) mass is 622 g/mol. The molecule has 2 N–H and O–H groups in total. The van der Waals surface area contributed by atoms with Crippen LogP contribution in [0.3, 0.4) is 0 Å². The third kappa shape index (κ3) is 39.7. The maximum atomic E-state index is 8.72. The number of aliphatic hydroxyl groups is 2. The fourth-order valence-electron chi connectivity index (χ4n) is 1.90. The highest BCUT2D eigenvalue weighted by atomic mass is 35.5. The molecule has 0 heterocycles.